The molecule has 1 fully saturated rings. The Morgan fingerprint density at radius 2 is 1.97 bits per heavy atom. The molecule has 1 aliphatic heterocycles. The van der Waals surface area contributed by atoms with Crippen LogP contribution in [0.15, 0.2) is 42.9 Å². The van der Waals surface area contributed by atoms with E-state index in [1.54, 1.807) is 35.3 Å². The number of nitrogens with two attached hydrogens (primary N) is 1. The minimum Gasteiger partial charge on any atom is -0.543 e. The first-order valence-electron chi connectivity index (χ1n) is 11.6. The number of aromatic carboxylic acids is 1. The first-order valence-corrected chi connectivity index (χ1v) is 11.6. The summed E-state index contributed by atoms with van der Waals surface area (Å²) in [5, 5.41) is 22.9. The largest absolute Gasteiger partial charge is 0.543 e. The normalized spacial score (nSPS) is 14.3. The standard InChI is InChI=1S/C24H30N6O4/c25-9-2-1-3-10-29-15-19(14-26-29)17-5-4-6-18(13-17)23(31)27-21-16-30(28-22(21)24(32)33)20-7-11-34-12-8-20/h4-6,13-16,20H,1-3,7-12,25H2,(H,27,31)(H,32,33)/p-1. The van der Waals surface area contributed by atoms with Crippen molar-refractivity contribution in [2.24, 2.45) is 5.73 Å². The van der Waals surface area contributed by atoms with E-state index in [1.165, 1.54) is 0 Å². The molecule has 0 bridgehead atoms. The molecule has 0 radical (unpaired) electrons. The summed E-state index contributed by atoms with van der Waals surface area (Å²) < 4.78 is 8.83. The summed E-state index contributed by atoms with van der Waals surface area (Å²) in [7, 11) is 0. The summed E-state index contributed by atoms with van der Waals surface area (Å²) in [6, 6.07) is 7.15. The van der Waals surface area contributed by atoms with Crippen molar-refractivity contribution in [3.8, 4) is 11.1 Å². The van der Waals surface area contributed by atoms with Gasteiger partial charge in [-0.25, -0.2) is 0 Å². The Bertz CT molecular complexity index is 1130. The highest BCUT2D eigenvalue weighted by Crippen LogP contribution is 2.25. The number of carboxylic acids is 1. The van der Waals surface area contributed by atoms with Crippen LogP contribution in [0.4, 0.5) is 5.69 Å². The van der Waals surface area contributed by atoms with Gasteiger partial charge in [0.1, 0.15) is 5.69 Å². The highest BCUT2D eigenvalue weighted by atomic mass is 16.5. The van der Waals surface area contributed by atoms with Gasteiger partial charge >= 0.3 is 0 Å². The molecule has 180 valence electrons. The molecular formula is C24H29N6O4-. The van der Waals surface area contributed by atoms with Crippen LogP contribution in [0, 0.1) is 0 Å². The van der Waals surface area contributed by atoms with Gasteiger partial charge in [-0.05, 0) is 49.9 Å². The van der Waals surface area contributed by atoms with Crippen molar-refractivity contribution in [1.29, 1.82) is 0 Å². The second kappa shape index (κ2) is 11.1. The Balaban J connectivity index is 1.47. The van der Waals surface area contributed by atoms with Gasteiger partial charge < -0.3 is 25.7 Å². The Kier molecular flexibility index (Phi) is 7.71. The van der Waals surface area contributed by atoms with Crippen molar-refractivity contribution in [3.05, 3.63) is 54.1 Å². The van der Waals surface area contributed by atoms with Gasteiger partial charge in [-0.2, -0.15) is 10.2 Å². The fraction of sp³-hybridized carbons (Fsp3) is 0.417. The molecule has 1 amide bonds. The summed E-state index contributed by atoms with van der Waals surface area (Å²) in [4.78, 5) is 24.6. The molecule has 1 aliphatic rings. The van der Waals surface area contributed by atoms with Gasteiger partial charge in [-0.3, -0.25) is 14.2 Å². The van der Waals surface area contributed by atoms with Crippen LogP contribution in [0.3, 0.4) is 0 Å². The number of carbonyl (C=O) groups excluding carboxylic acids is 2. The Morgan fingerprint density at radius 3 is 2.74 bits per heavy atom. The van der Waals surface area contributed by atoms with Crippen LogP contribution in [0.25, 0.3) is 11.1 Å². The van der Waals surface area contributed by atoms with Crippen LogP contribution >= 0.6 is 0 Å². The molecule has 10 nitrogen and oxygen atoms in total. The molecule has 1 aromatic carbocycles. The number of hydrogen-bond acceptors (Lipinski definition) is 7. The fourth-order valence-corrected chi connectivity index (χ4v) is 4.03. The number of carboxylic acid groups (broad SMARTS) is 1. The van der Waals surface area contributed by atoms with Crippen LogP contribution in [0.5, 0.6) is 0 Å². The number of unbranched alkanes of at least 4 members (excludes halogenated alkanes) is 2. The maximum absolute atomic E-state index is 13.0. The second-order valence-corrected chi connectivity index (χ2v) is 8.38. The molecule has 4 rings (SSSR count). The zero-order chi connectivity index (χ0) is 23.9. The van der Waals surface area contributed by atoms with Gasteiger partial charge in [0.15, 0.2) is 0 Å². The third-order valence-electron chi connectivity index (χ3n) is 5.92. The number of rotatable bonds is 10. The summed E-state index contributed by atoms with van der Waals surface area (Å²) in [5.41, 5.74) is 7.51. The smallest absolute Gasteiger partial charge is 0.255 e. The van der Waals surface area contributed by atoms with Gasteiger partial charge in [-0.1, -0.05) is 18.6 Å². The van der Waals surface area contributed by atoms with Crippen LogP contribution in [0.2, 0.25) is 0 Å². The third-order valence-corrected chi connectivity index (χ3v) is 5.92. The summed E-state index contributed by atoms with van der Waals surface area (Å²) in [5.74, 6) is -1.86. The van der Waals surface area contributed by atoms with Gasteiger partial charge in [-0.15, -0.1) is 0 Å². The van der Waals surface area contributed by atoms with Crippen LogP contribution in [-0.4, -0.2) is 51.2 Å². The summed E-state index contributed by atoms with van der Waals surface area (Å²) in [6.45, 7) is 2.68. The molecule has 34 heavy (non-hydrogen) atoms. The average Bonchev–Trinajstić information content (AvgIpc) is 3.50. The van der Waals surface area contributed by atoms with Crippen LogP contribution in [0.1, 0.15) is 59.0 Å². The number of aryl methyl sites for hydroxylation is 1. The van der Waals surface area contributed by atoms with E-state index >= 15 is 0 Å². The van der Waals surface area contributed by atoms with Crippen molar-refractivity contribution in [3.63, 3.8) is 0 Å². The van der Waals surface area contributed by atoms with Gasteiger partial charge in [0.05, 0.1) is 23.9 Å². The van der Waals surface area contributed by atoms with E-state index in [1.807, 2.05) is 16.9 Å². The van der Waals surface area contributed by atoms with E-state index in [-0.39, 0.29) is 17.4 Å². The first-order chi connectivity index (χ1) is 16.5. The lowest BCUT2D eigenvalue weighted by molar-refractivity contribution is -0.255. The third kappa shape index (κ3) is 5.70. The Morgan fingerprint density at radius 1 is 1.15 bits per heavy atom. The van der Waals surface area contributed by atoms with Gasteiger partial charge in [0.2, 0.25) is 0 Å². The molecule has 0 saturated carbocycles. The maximum atomic E-state index is 13.0. The topological polar surface area (TPSA) is 140 Å². The molecule has 3 heterocycles. The molecular weight excluding hydrogens is 436 g/mol. The van der Waals surface area contributed by atoms with Crippen LogP contribution < -0.4 is 16.2 Å². The highest BCUT2D eigenvalue weighted by molar-refractivity contribution is 6.07. The molecule has 3 N–H and O–H groups in total. The van der Waals surface area contributed by atoms with Crippen molar-refractivity contribution in [1.82, 2.24) is 19.6 Å². The average molecular weight is 466 g/mol. The molecule has 0 spiro atoms. The van der Waals surface area contributed by atoms with Crippen molar-refractivity contribution in [2.45, 2.75) is 44.7 Å². The predicted molar refractivity (Wildman–Crippen MR) is 124 cm³/mol. The van der Waals surface area contributed by atoms with Crippen LogP contribution in [-0.2, 0) is 11.3 Å². The molecule has 3 aromatic rings. The number of carbonyl (C=O) groups is 2. The van der Waals surface area contributed by atoms with E-state index < -0.39 is 11.9 Å². The number of benzene rings is 1. The van der Waals surface area contributed by atoms with E-state index in [2.05, 4.69) is 15.5 Å². The number of hydrogen-bond donors (Lipinski definition) is 2. The summed E-state index contributed by atoms with van der Waals surface area (Å²) >= 11 is 0. The molecule has 1 saturated heterocycles. The SMILES string of the molecule is NCCCCCn1cc(-c2cccc(C(=O)Nc3cn(C4CCOCC4)nc3C(=O)[O-])c2)cn1. The molecule has 0 unspecified atom stereocenters. The lowest BCUT2D eigenvalue weighted by Gasteiger charge is -2.22. The molecule has 10 heteroatoms. The number of nitrogens with zero attached hydrogens (tertiary/aromatic N) is 4. The van der Waals surface area contributed by atoms with Crippen molar-refractivity contribution in [2.75, 3.05) is 25.1 Å². The quantitative estimate of drug-likeness (QED) is 0.435. The number of nitrogens with one attached hydrogen (secondary N) is 1. The lowest BCUT2D eigenvalue weighted by Crippen LogP contribution is -2.26. The zero-order valence-corrected chi connectivity index (χ0v) is 19.0. The summed E-state index contributed by atoms with van der Waals surface area (Å²) in [6.07, 6.45) is 9.78. The van der Waals surface area contributed by atoms with E-state index in [4.69, 9.17) is 10.5 Å². The Hall–Kier alpha value is -3.50. The van der Waals surface area contributed by atoms with E-state index in [0.29, 0.717) is 25.3 Å². The zero-order valence-electron chi connectivity index (χ0n) is 19.0. The molecule has 0 atom stereocenters. The minimum atomic E-state index is -1.44. The van der Waals surface area contributed by atoms with E-state index in [0.717, 1.165) is 49.8 Å². The van der Waals surface area contributed by atoms with Crippen molar-refractivity contribution < 1.29 is 19.4 Å². The first kappa shape index (κ1) is 23.7. The molecule has 0 aliphatic carbocycles. The monoisotopic (exact) mass is 465 g/mol. The number of ether oxygens (including phenoxy) is 1. The lowest BCUT2D eigenvalue weighted by atomic mass is 10.1. The number of amides is 1. The second-order valence-electron chi connectivity index (χ2n) is 8.38. The number of anilines is 1. The molecule has 2 aromatic heterocycles. The highest BCUT2D eigenvalue weighted by Gasteiger charge is 2.21. The minimum absolute atomic E-state index is 0.0210. The van der Waals surface area contributed by atoms with Gasteiger partial charge in [0, 0.05) is 43.3 Å². The van der Waals surface area contributed by atoms with Crippen molar-refractivity contribution >= 4 is 17.6 Å². The fourth-order valence-electron chi connectivity index (χ4n) is 4.03. The number of aromatic nitrogens is 4. The Labute approximate surface area is 197 Å². The maximum Gasteiger partial charge on any atom is 0.255 e. The van der Waals surface area contributed by atoms with E-state index in [9.17, 15) is 14.7 Å². The predicted octanol–water partition coefficient (Wildman–Crippen LogP) is 1.84. The van der Waals surface area contributed by atoms with Gasteiger partial charge in [0.25, 0.3) is 5.91 Å².